The lowest BCUT2D eigenvalue weighted by Gasteiger charge is -2.26. The van der Waals surface area contributed by atoms with Crippen molar-refractivity contribution in [2.24, 2.45) is 0 Å². The summed E-state index contributed by atoms with van der Waals surface area (Å²) in [6.07, 6.45) is 5.44. The van der Waals surface area contributed by atoms with E-state index in [0.717, 1.165) is 25.7 Å². The van der Waals surface area contributed by atoms with Gasteiger partial charge in [-0.05, 0) is 18.4 Å². The molecule has 2 rings (SSSR count). The van der Waals surface area contributed by atoms with Crippen LogP contribution in [0.25, 0.3) is 0 Å². The quantitative estimate of drug-likeness (QED) is 0.899. The summed E-state index contributed by atoms with van der Waals surface area (Å²) in [5.41, 5.74) is 0.588. The molecule has 5 nitrogen and oxygen atoms in total. The number of aliphatic carboxylic acids is 1. The van der Waals surface area contributed by atoms with Crippen LogP contribution in [0.2, 0.25) is 0 Å². The van der Waals surface area contributed by atoms with Gasteiger partial charge in [0.25, 0.3) is 0 Å². The second kappa shape index (κ2) is 7.67. The molecule has 2 amide bonds. The van der Waals surface area contributed by atoms with Crippen LogP contribution in [0.4, 0.5) is 4.79 Å². The monoisotopic (exact) mass is 290 g/mol. The number of carboxylic acid groups (broad SMARTS) is 1. The lowest BCUT2D eigenvalue weighted by Crippen LogP contribution is -2.44. The molecule has 2 N–H and O–H groups in total. The summed E-state index contributed by atoms with van der Waals surface area (Å²) in [5, 5.41) is 12.0. The number of nitrogens with zero attached hydrogens (tertiary/aromatic N) is 1. The highest BCUT2D eigenvalue weighted by atomic mass is 16.4. The number of carbonyl (C=O) groups is 2. The van der Waals surface area contributed by atoms with Gasteiger partial charge in [0.05, 0.1) is 0 Å². The molecule has 1 saturated heterocycles. The molecule has 1 aromatic rings. The molecule has 1 aromatic carbocycles. The highest BCUT2D eigenvalue weighted by Gasteiger charge is 2.24. The predicted octanol–water partition coefficient (Wildman–Crippen LogP) is 2.79. The Hall–Kier alpha value is -2.04. The molecule has 1 unspecified atom stereocenters. The molecular weight excluding hydrogens is 268 g/mol. The molecule has 0 spiro atoms. The molecule has 114 valence electrons. The zero-order valence-corrected chi connectivity index (χ0v) is 12.1. The Bertz CT molecular complexity index is 468. The largest absolute Gasteiger partial charge is 0.479 e. The van der Waals surface area contributed by atoms with Gasteiger partial charge >= 0.3 is 12.0 Å². The molecule has 1 aliphatic heterocycles. The standard InChI is InChI=1S/C16H22N2O3/c19-15(20)14(13-9-5-4-6-10-13)17-16(21)18-11-7-2-1-3-8-12-18/h4-6,9-10,14H,1-3,7-8,11-12H2,(H,17,21)(H,19,20). The lowest BCUT2D eigenvalue weighted by atomic mass is 10.1. The number of carbonyl (C=O) groups excluding carboxylic acids is 1. The zero-order chi connectivity index (χ0) is 15.1. The molecule has 1 atom stereocenters. The minimum absolute atomic E-state index is 0.284. The minimum atomic E-state index is -1.04. The number of rotatable bonds is 3. The average molecular weight is 290 g/mol. The van der Waals surface area contributed by atoms with Crippen molar-refractivity contribution in [1.82, 2.24) is 10.2 Å². The average Bonchev–Trinajstić information content (AvgIpc) is 2.44. The smallest absolute Gasteiger partial charge is 0.330 e. The molecule has 1 heterocycles. The van der Waals surface area contributed by atoms with Crippen molar-refractivity contribution < 1.29 is 14.7 Å². The van der Waals surface area contributed by atoms with Gasteiger partial charge in [-0.25, -0.2) is 9.59 Å². The van der Waals surface area contributed by atoms with E-state index in [1.807, 2.05) is 6.07 Å². The molecule has 0 radical (unpaired) electrons. The maximum atomic E-state index is 12.3. The third-order valence-electron chi connectivity index (χ3n) is 3.79. The molecule has 1 aliphatic rings. The van der Waals surface area contributed by atoms with E-state index in [0.29, 0.717) is 18.7 Å². The van der Waals surface area contributed by atoms with E-state index in [4.69, 9.17) is 0 Å². The molecule has 0 aliphatic carbocycles. The fourth-order valence-electron chi connectivity index (χ4n) is 2.60. The van der Waals surface area contributed by atoms with Gasteiger partial charge in [0.1, 0.15) is 0 Å². The van der Waals surface area contributed by atoms with Crippen LogP contribution in [0.1, 0.15) is 43.7 Å². The van der Waals surface area contributed by atoms with Gasteiger partial charge in [0, 0.05) is 13.1 Å². The van der Waals surface area contributed by atoms with Gasteiger partial charge in [-0.1, -0.05) is 49.6 Å². The fourth-order valence-corrected chi connectivity index (χ4v) is 2.60. The van der Waals surface area contributed by atoms with Crippen molar-refractivity contribution in [3.8, 4) is 0 Å². The topological polar surface area (TPSA) is 69.6 Å². The maximum Gasteiger partial charge on any atom is 0.330 e. The van der Waals surface area contributed by atoms with Gasteiger partial charge in [-0.15, -0.1) is 0 Å². The molecule has 21 heavy (non-hydrogen) atoms. The maximum absolute atomic E-state index is 12.3. The second-order valence-electron chi connectivity index (χ2n) is 5.39. The highest BCUT2D eigenvalue weighted by Crippen LogP contribution is 2.15. The first-order chi connectivity index (χ1) is 10.2. The van der Waals surface area contributed by atoms with Gasteiger partial charge < -0.3 is 15.3 Å². The van der Waals surface area contributed by atoms with Crippen molar-refractivity contribution in [1.29, 1.82) is 0 Å². The number of hydrogen-bond acceptors (Lipinski definition) is 2. The van der Waals surface area contributed by atoms with E-state index in [1.165, 1.54) is 6.42 Å². The van der Waals surface area contributed by atoms with E-state index >= 15 is 0 Å². The summed E-state index contributed by atoms with van der Waals surface area (Å²) >= 11 is 0. The van der Waals surface area contributed by atoms with Crippen molar-refractivity contribution in [3.05, 3.63) is 35.9 Å². The first kappa shape index (κ1) is 15.4. The van der Waals surface area contributed by atoms with E-state index in [2.05, 4.69) is 5.32 Å². The number of amides is 2. The normalized spacial score (nSPS) is 17.4. The van der Waals surface area contributed by atoms with Crippen LogP contribution in [0.15, 0.2) is 30.3 Å². The summed E-state index contributed by atoms with van der Waals surface area (Å²) < 4.78 is 0. The molecule has 1 fully saturated rings. The first-order valence-corrected chi connectivity index (χ1v) is 7.51. The Balaban J connectivity index is 2.02. The summed E-state index contributed by atoms with van der Waals surface area (Å²) in [6.45, 7) is 1.40. The molecule has 0 aromatic heterocycles. The van der Waals surface area contributed by atoms with E-state index in [9.17, 15) is 14.7 Å². The van der Waals surface area contributed by atoms with Crippen molar-refractivity contribution in [2.75, 3.05) is 13.1 Å². The van der Waals surface area contributed by atoms with Crippen LogP contribution < -0.4 is 5.32 Å². The van der Waals surface area contributed by atoms with E-state index < -0.39 is 12.0 Å². The number of urea groups is 1. The van der Waals surface area contributed by atoms with E-state index in [-0.39, 0.29) is 6.03 Å². The Kier molecular flexibility index (Phi) is 5.60. The summed E-state index contributed by atoms with van der Waals surface area (Å²) in [7, 11) is 0. The number of likely N-dealkylation sites (tertiary alicyclic amines) is 1. The molecule has 0 saturated carbocycles. The summed E-state index contributed by atoms with van der Waals surface area (Å²) in [4.78, 5) is 25.4. The van der Waals surface area contributed by atoms with Crippen LogP contribution in [0.3, 0.4) is 0 Å². The predicted molar refractivity (Wildman–Crippen MR) is 80.0 cm³/mol. The van der Waals surface area contributed by atoms with Crippen molar-refractivity contribution in [2.45, 2.75) is 38.1 Å². The molecular formula is C16H22N2O3. The SMILES string of the molecule is O=C(O)C(NC(=O)N1CCCCCCC1)c1ccccc1. The second-order valence-corrected chi connectivity index (χ2v) is 5.39. The Morgan fingerprint density at radius 2 is 1.57 bits per heavy atom. The number of carboxylic acids is 1. The number of hydrogen-bond donors (Lipinski definition) is 2. The van der Waals surface area contributed by atoms with Crippen molar-refractivity contribution in [3.63, 3.8) is 0 Å². The molecule has 0 bridgehead atoms. The summed E-state index contributed by atoms with van der Waals surface area (Å²) in [5.74, 6) is -1.04. The Labute approximate surface area is 125 Å². The van der Waals surface area contributed by atoms with Crippen molar-refractivity contribution >= 4 is 12.0 Å². The Morgan fingerprint density at radius 3 is 2.14 bits per heavy atom. The first-order valence-electron chi connectivity index (χ1n) is 7.51. The minimum Gasteiger partial charge on any atom is -0.479 e. The van der Waals surface area contributed by atoms with Gasteiger partial charge in [0.2, 0.25) is 0 Å². The summed E-state index contributed by atoms with van der Waals surface area (Å²) in [6, 6.07) is 7.51. The third kappa shape index (κ3) is 4.48. The van der Waals surface area contributed by atoms with Crippen LogP contribution in [0.5, 0.6) is 0 Å². The Morgan fingerprint density at radius 1 is 1.00 bits per heavy atom. The zero-order valence-electron chi connectivity index (χ0n) is 12.1. The van der Waals surface area contributed by atoms with Crippen LogP contribution in [-0.2, 0) is 4.79 Å². The van der Waals surface area contributed by atoms with Crippen LogP contribution >= 0.6 is 0 Å². The number of benzene rings is 1. The highest BCUT2D eigenvalue weighted by molar-refractivity contribution is 5.83. The van der Waals surface area contributed by atoms with E-state index in [1.54, 1.807) is 29.2 Å². The third-order valence-corrected chi connectivity index (χ3v) is 3.79. The van der Waals surface area contributed by atoms with Gasteiger partial charge in [0.15, 0.2) is 6.04 Å². The van der Waals surface area contributed by atoms with Crippen LogP contribution in [-0.4, -0.2) is 35.1 Å². The number of nitrogens with one attached hydrogen (secondary N) is 1. The van der Waals surface area contributed by atoms with Crippen LogP contribution in [0, 0.1) is 0 Å². The van der Waals surface area contributed by atoms with Gasteiger partial charge in [-0.3, -0.25) is 0 Å². The fraction of sp³-hybridized carbons (Fsp3) is 0.500. The van der Waals surface area contributed by atoms with Gasteiger partial charge in [-0.2, -0.15) is 0 Å². The lowest BCUT2D eigenvalue weighted by molar-refractivity contribution is -0.139. The molecule has 5 heteroatoms.